The lowest BCUT2D eigenvalue weighted by atomic mass is 10.1. The first-order chi connectivity index (χ1) is 10.8. The van der Waals surface area contributed by atoms with Crippen LogP contribution < -0.4 is 0 Å². The van der Waals surface area contributed by atoms with Gasteiger partial charge in [-0.2, -0.15) is 0 Å². The Hall–Kier alpha value is -2.87. The molecular formula is C15H13N3O4S. The lowest BCUT2D eigenvalue weighted by Gasteiger charge is -2.31. The Bertz CT molecular complexity index is 744. The SMILES string of the molecule is CN1C(=O)C(=C/C=C/c2ccccc2[N+](=O)[O-])C(=O)N(C)C1=S. The van der Waals surface area contributed by atoms with E-state index in [0.29, 0.717) is 5.56 Å². The number of amides is 2. The standard InChI is InChI=1S/C15H13N3O4S/c1-16-13(19)11(14(20)17(2)15(16)23)8-5-7-10-6-3-4-9-12(10)18(21)22/h3-9H,1-2H3/b7-5+. The van der Waals surface area contributed by atoms with E-state index in [1.54, 1.807) is 18.2 Å². The second-order valence-electron chi connectivity index (χ2n) is 4.77. The molecule has 1 aromatic carbocycles. The van der Waals surface area contributed by atoms with E-state index in [4.69, 9.17) is 12.2 Å². The van der Waals surface area contributed by atoms with Gasteiger partial charge in [-0.15, -0.1) is 0 Å². The molecule has 0 aromatic heterocycles. The Balaban J connectivity index is 2.32. The highest BCUT2D eigenvalue weighted by Crippen LogP contribution is 2.20. The van der Waals surface area contributed by atoms with E-state index in [0.717, 1.165) is 0 Å². The molecule has 0 unspecified atom stereocenters. The zero-order valence-corrected chi connectivity index (χ0v) is 13.2. The molecule has 0 bridgehead atoms. The third-order valence-electron chi connectivity index (χ3n) is 3.32. The van der Waals surface area contributed by atoms with Crippen LogP contribution in [0.2, 0.25) is 0 Å². The van der Waals surface area contributed by atoms with Crippen molar-refractivity contribution in [2.75, 3.05) is 14.1 Å². The molecule has 0 N–H and O–H groups in total. The van der Waals surface area contributed by atoms with Crippen LogP contribution in [0.25, 0.3) is 6.08 Å². The number of nitro groups is 1. The molecular weight excluding hydrogens is 318 g/mol. The van der Waals surface area contributed by atoms with Crippen molar-refractivity contribution in [1.29, 1.82) is 0 Å². The molecule has 0 aliphatic carbocycles. The van der Waals surface area contributed by atoms with Gasteiger partial charge in [-0.1, -0.05) is 18.2 Å². The number of carbonyl (C=O) groups is 2. The van der Waals surface area contributed by atoms with E-state index in [-0.39, 0.29) is 16.4 Å². The summed E-state index contributed by atoms with van der Waals surface area (Å²) >= 11 is 4.98. The van der Waals surface area contributed by atoms with Crippen LogP contribution in [0.5, 0.6) is 0 Å². The summed E-state index contributed by atoms with van der Waals surface area (Å²) in [6.07, 6.45) is 4.23. The smallest absolute Gasteiger partial charge is 0.276 e. The summed E-state index contributed by atoms with van der Waals surface area (Å²) in [5.74, 6) is -1.02. The molecule has 23 heavy (non-hydrogen) atoms. The van der Waals surface area contributed by atoms with Gasteiger partial charge in [-0.25, -0.2) is 0 Å². The van der Waals surface area contributed by atoms with E-state index >= 15 is 0 Å². The fourth-order valence-corrected chi connectivity index (χ4v) is 2.20. The van der Waals surface area contributed by atoms with Crippen LogP contribution in [0.3, 0.4) is 0 Å². The van der Waals surface area contributed by atoms with Gasteiger partial charge in [-0.05, 0) is 30.4 Å². The van der Waals surface area contributed by atoms with Gasteiger partial charge in [-0.3, -0.25) is 29.5 Å². The third-order valence-corrected chi connectivity index (χ3v) is 3.86. The Morgan fingerprint density at radius 3 is 2.26 bits per heavy atom. The number of rotatable bonds is 3. The lowest BCUT2D eigenvalue weighted by molar-refractivity contribution is -0.385. The van der Waals surface area contributed by atoms with E-state index in [1.807, 2.05) is 0 Å². The molecule has 1 aromatic rings. The zero-order chi connectivity index (χ0) is 17.1. The average Bonchev–Trinajstić information content (AvgIpc) is 2.54. The minimum absolute atomic E-state index is 0.0566. The summed E-state index contributed by atoms with van der Waals surface area (Å²) in [6, 6.07) is 6.18. The van der Waals surface area contributed by atoms with Gasteiger partial charge >= 0.3 is 0 Å². The minimum atomic E-state index is -0.509. The largest absolute Gasteiger partial charge is 0.288 e. The zero-order valence-electron chi connectivity index (χ0n) is 12.4. The Morgan fingerprint density at radius 1 is 1.13 bits per heavy atom. The Morgan fingerprint density at radius 2 is 1.70 bits per heavy atom. The van der Waals surface area contributed by atoms with Crippen molar-refractivity contribution in [3.8, 4) is 0 Å². The summed E-state index contributed by atoms with van der Waals surface area (Å²) in [6.45, 7) is 0. The fraction of sp³-hybridized carbons (Fsp3) is 0.133. The number of allylic oxidation sites excluding steroid dienone is 2. The van der Waals surface area contributed by atoms with Crippen molar-refractivity contribution >= 4 is 40.9 Å². The van der Waals surface area contributed by atoms with Crippen molar-refractivity contribution in [2.24, 2.45) is 0 Å². The molecule has 2 amide bonds. The number of nitro benzene ring substituents is 1. The summed E-state index contributed by atoms with van der Waals surface area (Å²) in [5.41, 5.74) is 0.264. The summed E-state index contributed by atoms with van der Waals surface area (Å²) in [4.78, 5) is 37.0. The summed E-state index contributed by atoms with van der Waals surface area (Å²) < 4.78 is 0. The normalized spacial score (nSPS) is 15.6. The molecule has 0 saturated carbocycles. The predicted octanol–water partition coefficient (Wildman–Crippen LogP) is 1.75. The summed E-state index contributed by atoms with van der Waals surface area (Å²) in [5, 5.41) is 11.1. The minimum Gasteiger partial charge on any atom is -0.288 e. The van der Waals surface area contributed by atoms with Gasteiger partial charge in [0, 0.05) is 20.2 Å². The Kier molecular flexibility index (Phi) is 4.65. The van der Waals surface area contributed by atoms with Crippen LogP contribution in [0.4, 0.5) is 5.69 Å². The van der Waals surface area contributed by atoms with Crippen LogP contribution in [0.1, 0.15) is 5.56 Å². The number of carbonyl (C=O) groups excluding carboxylic acids is 2. The quantitative estimate of drug-likeness (QED) is 0.277. The number of thiocarbonyl (C=S) groups is 1. The lowest BCUT2D eigenvalue weighted by Crippen LogP contribution is -2.52. The highest BCUT2D eigenvalue weighted by molar-refractivity contribution is 7.80. The molecule has 118 valence electrons. The van der Waals surface area contributed by atoms with Crippen molar-refractivity contribution in [1.82, 2.24) is 9.80 Å². The molecule has 0 radical (unpaired) electrons. The first kappa shape index (κ1) is 16.5. The van der Waals surface area contributed by atoms with Gasteiger partial charge in [0.2, 0.25) is 0 Å². The highest BCUT2D eigenvalue weighted by atomic mass is 32.1. The van der Waals surface area contributed by atoms with Crippen LogP contribution in [-0.2, 0) is 9.59 Å². The second-order valence-corrected chi connectivity index (χ2v) is 5.13. The van der Waals surface area contributed by atoms with E-state index < -0.39 is 16.7 Å². The van der Waals surface area contributed by atoms with Crippen molar-refractivity contribution in [3.05, 3.63) is 57.7 Å². The van der Waals surface area contributed by atoms with Gasteiger partial charge in [0.05, 0.1) is 10.5 Å². The molecule has 1 saturated heterocycles. The highest BCUT2D eigenvalue weighted by Gasteiger charge is 2.34. The van der Waals surface area contributed by atoms with Crippen molar-refractivity contribution in [2.45, 2.75) is 0 Å². The van der Waals surface area contributed by atoms with Crippen LogP contribution in [0.15, 0.2) is 42.0 Å². The van der Waals surface area contributed by atoms with E-state index in [9.17, 15) is 19.7 Å². The average molecular weight is 331 g/mol. The van der Waals surface area contributed by atoms with E-state index in [2.05, 4.69) is 0 Å². The van der Waals surface area contributed by atoms with Gasteiger partial charge < -0.3 is 0 Å². The molecule has 1 aliphatic rings. The number of likely N-dealkylation sites (N-methyl/N-ethyl adjacent to an activating group) is 2. The third kappa shape index (κ3) is 3.16. The number of nitrogens with zero attached hydrogens (tertiary/aromatic N) is 3. The second kappa shape index (κ2) is 6.49. The topological polar surface area (TPSA) is 83.8 Å². The van der Waals surface area contributed by atoms with Crippen molar-refractivity contribution < 1.29 is 14.5 Å². The number of hydrogen-bond donors (Lipinski definition) is 0. The number of hydrogen-bond acceptors (Lipinski definition) is 5. The maximum absolute atomic E-state index is 12.1. The molecule has 0 atom stereocenters. The molecule has 1 aliphatic heterocycles. The number of para-hydroxylation sites is 1. The molecule has 1 fully saturated rings. The van der Waals surface area contributed by atoms with Crippen LogP contribution in [0, 0.1) is 10.1 Å². The van der Waals surface area contributed by atoms with E-state index in [1.165, 1.54) is 48.2 Å². The van der Waals surface area contributed by atoms with Crippen LogP contribution >= 0.6 is 12.2 Å². The maximum atomic E-state index is 12.1. The summed E-state index contributed by atoms with van der Waals surface area (Å²) in [7, 11) is 2.96. The molecule has 0 spiro atoms. The molecule has 1 heterocycles. The van der Waals surface area contributed by atoms with Gasteiger partial charge in [0.1, 0.15) is 5.57 Å². The molecule has 8 heteroatoms. The van der Waals surface area contributed by atoms with Crippen molar-refractivity contribution in [3.63, 3.8) is 0 Å². The van der Waals surface area contributed by atoms with Gasteiger partial charge in [0.25, 0.3) is 17.5 Å². The Labute approximate surface area is 137 Å². The first-order valence-corrected chi connectivity index (χ1v) is 6.97. The number of benzene rings is 1. The predicted molar refractivity (Wildman–Crippen MR) is 88.4 cm³/mol. The monoisotopic (exact) mass is 331 g/mol. The molecule has 2 rings (SSSR count). The van der Waals surface area contributed by atoms with Gasteiger partial charge in [0.15, 0.2) is 5.11 Å². The fourth-order valence-electron chi connectivity index (χ4n) is 2.04. The maximum Gasteiger partial charge on any atom is 0.276 e. The van der Waals surface area contributed by atoms with Crippen LogP contribution in [-0.4, -0.2) is 45.7 Å². The first-order valence-electron chi connectivity index (χ1n) is 6.56. The molecule has 7 nitrogen and oxygen atoms in total.